The van der Waals surface area contributed by atoms with E-state index in [0.717, 1.165) is 47.8 Å². The van der Waals surface area contributed by atoms with E-state index in [1.54, 1.807) is 23.1 Å². The molecule has 3 rings (SSSR count). The molecule has 132 valence electrons. The van der Waals surface area contributed by atoms with Crippen molar-refractivity contribution in [2.75, 3.05) is 13.1 Å². The Kier molecular flexibility index (Phi) is 9.69. The van der Waals surface area contributed by atoms with Crippen LogP contribution in [-0.2, 0) is 5.75 Å². The molecular formula is C16H21Cl2N3OS2. The number of hydrogen-bond donors (Lipinski definition) is 2. The maximum atomic E-state index is 12.5. The smallest absolute Gasteiger partial charge is 0.252 e. The quantitative estimate of drug-likeness (QED) is 0.743. The van der Waals surface area contributed by atoms with Crippen molar-refractivity contribution in [1.82, 2.24) is 15.6 Å². The summed E-state index contributed by atoms with van der Waals surface area (Å²) in [6.45, 7) is 1.91. The molecule has 0 aliphatic carbocycles. The molecule has 1 aromatic carbocycles. The van der Waals surface area contributed by atoms with Crippen molar-refractivity contribution in [3.05, 3.63) is 46.4 Å². The molecule has 1 aliphatic heterocycles. The van der Waals surface area contributed by atoms with Crippen molar-refractivity contribution in [2.45, 2.75) is 29.5 Å². The van der Waals surface area contributed by atoms with Crippen LogP contribution in [0, 0.1) is 0 Å². The molecule has 0 spiro atoms. The summed E-state index contributed by atoms with van der Waals surface area (Å²) >= 11 is 3.26. The van der Waals surface area contributed by atoms with E-state index in [-0.39, 0.29) is 36.8 Å². The van der Waals surface area contributed by atoms with Crippen molar-refractivity contribution in [3.8, 4) is 0 Å². The van der Waals surface area contributed by atoms with Crippen LogP contribution in [0.5, 0.6) is 0 Å². The summed E-state index contributed by atoms with van der Waals surface area (Å²) in [7, 11) is 0. The first kappa shape index (κ1) is 21.3. The number of carbonyl (C=O) groups is 1. The number of nitrogens with zero attached hydrogens (tertiary/aromatic N) is 1. The molecule has 0 bridgehead atoms. The Morgan fingerprint density at radius 3 is 2.92 bits per heavy atom. The van der Waals surface area contributed by atoms with Gasteiger partial charge in [-0.15, -0.1) is 47.9 Å². The molecule has 2 N–H and O–H groups in total. The summed E-state index contributed by atoms with van der Waals surface area (Å²) in [5.41, 5.74) is 3.65. The van der Waals surface area contributed by atoms with Crippen molar-refractivity contribution < 1.29 is 4.79 Å². The zero-order valence-corrected chi connectivity index (χ0v) is 16.3. The number of hydrogen-bond acceptors (Lipinski definition) is 5. The molecule has 0 radical (unpaired) electrons. The molecule has 4 nitrogen and oxygen atoms in total. The van der Waals surface area contributed by atoms with E-state index in [1.165, 1.54) is 0 Å². The van der Waals surface area contributed by atoms with E-state index in [1.807, 2.05) is 35.2 Å². The summed E-state index contributed by atoms with van der Waals surface area (Å²) in [6, 6.07) is 8.03. The fourth-order valence-electron chi connectivity index (χ4n) is 2.48. The van der Waals surface area contributed by atoms with Gasteiger partial charge in [-0.3, -0.25) is 4.79 Å². The number of thioether (sulfide) groups is 1. The topological polar surface area (TPSA) is 54.0 Å². The van der Waals surface area contributed by atoms with Crippen LogP contribution in [0.2, 0.25) is 0 Å². The van der Waals surface area contributed by atoms with E-state index < -0.39 is 0 Å². The van der Waals surface area contributed by atoms with Gasteiger partial charge >= 0.3 is 0 Å². The predicted molar refractivity (Wildman–Crippen MR) is 106 cm³/mol. The number of piperidine rings is 1. The lowest BCUT2D eigenvalue weighted by Crippen LogP contribution is -2.45. The average molecular weight is 406 g/mol. The lowest BCUT2D eigenvalue weighted by atomic mass is 10.1. The van der Waals surface area contributed by atoms with Crippen LogP contribution in [0.4, 0.5) is 0 Å². The molecule has 1 aliphatic rings. The summed E-state index contributed by atoms with van der Waals surface area (Å²) in [6.07, 6.45) is 2.16. The van der Waals surface area contributed by atoms with Crippen molar-refractivity contribution in [1.29, 1.82) is 0 Å². The zero-order chi connectivity index (χ0) is 15.2. The van der Waals surface area contributed by atoms with Gasteiger partial charge in [0.25, 0.3) is 5.91 Å². The van der Waals surface area contributed by atoms with Crippen LogP contribution in [0.25, 0.3) is 0 Å². The van der Waals surface area contributed by atoms with Gasteiger partial charge < -0.3 is 10.6 Å². The second-order valence-corrected chi connectivity index (χ2v) is 7.02. The SMILES string of the molecule is Cl.Cl.O=C(N[C@H]1CCCNC1)c1ccccc1SCc1cscn1. The van der Waals surface area contributed by atoms with Crippen LogP contribution >= 0.6 is 47.9 Å². The molecule has 0 unspecified atom stereocenters. The molecule has 1 aromatic heterocycles. The van der Waals surface area contributed by atoms with Gasteiger partial charge in [0.05, 0.1) is 16.8 Å². The highest BCUT2D eigenvalue weighted by Crippen LogP contribution is 2.26. The average Bonchev–Trinajstić information content (AvgIpc) is 3.07. The van der Waals surface area contributed by atoms with E-state index >= 15 is 0 Å². The van der Waals surface area contributed by atoms with E-state index in [2.05, 4.69) is 15.6 Å². The van der Waals surface area contributed by atoms with Gasteiger partial charge in [-0.1, -0.05) is 12.1 Å². The Labute approximate surface area is 163 Å². The monoisotopic (exact) mass is 405 g/mol. The van der Waals surface area contributed by atoms with Crippen molar-refractivity contribution >= 4 is 53.8 Å². The summed E-state index contributed by atoms with van der Waals surface area (Å²) in [5.74, 6) is 0.814. The second-order valence-electron chi connectivity index (χ2n) is 5.28. The van der Waals surface area contributed by atoms with Gasteiger partial charge in [-0.25, -0.2) is 4.98 Å². The molecule has 8 heteroatoms. The van der Waals surface area contributed by atoms with E-state index in [0.29, 0.717) is 0 Å². The standard InChI is InChI=1S/C16H19N3OS2.2ClH/c20-16(19-12-4-3-7-17-8-12)14-5-1-2-6-15(14)22-10-13-9-21-11-18-13;;/h1-2,5-6,9,11-12,17H,3-4,7-8,10H2,(H,19,20);2*1H/t12-;;/m0../s1. The highest BCUT2D eigenvalue weighted by molar-refractivity contribution is 7.98. The third-order valence-electron chi connectivity index (χ3n) is 3.62. The number of rotatable bonds is 5. The minimum atomic E-state index is 0. The normalized spacial score (nSPS) is 16.6. The Bertz CT molecular complexity index is 620. The highest BCUT2D eigenvalue weighted by atomic mass is 35.5. The second kappa shape index (κ2) is 10.9. The molecule has 1 atom stereocenters. The van der Waals surface area contributed by atoms with Crippen LogP contribution in [0.3, 0.4) is 0 Å². The van der Waals surface area contributed by atoms with Gasteiger partial charge in [-0.2, -0.15) is 0 Å². The molecule has 2 aromatic rings. The molecule has 1 saturated heterocycles. The van der Waals surface area contributed by atoms with Gasteiger partial charge in [0, 0.05) is 28.6 Å². The lowest BCUT2D eigenvalue weighted by molar-refractivity contribution is 0.0927. The molecule has 24 heavy (non-hydrogen) atoms. The molecular weight excluding hydrogens is 385 g/mol. The number of nitrogens with one attached hydrogen (secondary N) is 2. The fourth-order valence-corrected chi connectivity index (χ4v) is 4.09. The number of halogens is 2. The third-order valence-corrected chi connectivity index (χ3v) is 5.37. The number of aromatic nitrogens is 1. The summed E-state index contributed by atoms with van der Waals surface area (Å²) < 4.78 is 0. The molecule has 0 saturated carbocycles. The minimum absolute atomic E-state index is 0. The Balaban J connectivity index is 0.00000144. The summed E-state index contributed by atoms with van der Waals surface area (Å²) in [4.78, 5) is 17.8. The molecule has 2 heterocycles. The Morgan fingerprint density at radius 2 is 2.21 bits per heavy atom. The first-order valence-electron chi connectivity index (χ1n) is 7.43. The van der Waals surface area contributed by atoms with Crippen molar-refractivity contribution in [3.63, 3.8) is 0 Å². The largest absolute Gasteiger partial charge is 0.348 e. The first-order valence-corrected chi connectivity index (χ1v) is 9.36. The number of carbonyl (C=O) groups excluding carboxylic acids is 1. The number of amides is 1. The van der Waals surface area contributed by atoms with Crippen LogP contribution in [0.15, 0.2) is 40.1 Å². The lowest BCUT2D eigenvalue weighted by Gasteiger charge is -2.24. The van der Waals surface area contributed by atoms with Gasteiger partial charge in [-0.05, 0) is 31.5 Å². The highest BCUT2D eigenvalue weighted by Gasteiger charge is 2.18. The third kappa shape index (κ3) is 5.93. The zero-order valence-electron chi connectivity index (χ0n) is 13.1. The number of thiazole rings is 1. The van der Waals surface area contributed by atoms with Crippen LogP contribution in [-0.4, -0.2) is 30.0 Å². The van der Waals surface area contributed by atoms with E-state index in [9.17, 15) is 4.79 Å². The van der Waals surface area contributed by atoms with Gasteiger partial charge in [0.1, 0.15) is 0 Å². The maximum Gasteiger partial charge on any atom is 0.252 e. The Morgan fingerprint density at radius 1 is 1.38 bits per heavy atom. The van der Waals surface area contributed by atoms with Gasteiger partial charge in [0.15, 0.2) is 0 Å². The Hall–Kier alpha value is -0.790. The molecule has 1 amide bonds. The predicted octanol–water partition coefficient (Wildman–Crippen LogP) is 3.76. The summed E-state index contributed by atoms with van der Waals surface area (Å²) in [5, 5.41) is 8.51. The number of benzene rings is 1. The minimum Gasteiger partial charge on any atom is -0.348 e. The van der Waals surface area contributed by atoms with E-state index in [4.69, 9.17) is 0 Å². The maximum absolute atomic E-state index is 12.5. The first-order chi connectivity index (χ1) is 10.8. The fraction of sp³-hybridized carbons (Fsp3) is 0.375. The van der Waals surface area contributed by atoms with Crippen molar-refractivity contribution in [2.24, 2.45) is 0 Å². The van der Waals surface area contributed by atoms with Crippen LogP contribution in [0.1, 0.15) is 28.9 Å². The van der Waals surface area contributed by atoms with Crippen LogP contribution < -0.4 is 10.6 Å². The molecule has 1 fully saturated rings. The van der Waals surface area contributed by atoms with Gasteiger partial charge in [0.2, 0.25) is 0 Å².